The number of benzene rings is 2. The number of phenols is 2. The molecule has 2 aromatic carbocycles. The van der Waals surface area contributed by atoms with Gasteiger partial charge in [0, 0.05) is 6.42 Å². The van der Waals surface area contributed by atoms with Gasteiger partial charge in [0.15, 0.2) is 5.75 Å². The summed E-state index contributed by atoms with van der Waals surface area (Å²) in [4.78, 5) is 20.2. The number of nitro benzene ring substituents is 2. The number of fused-ring (bicyclic) bond motifs is 2. The van der Waals surface area contributed by atoms with E-state index >= 15 is 0 Å². The van der Waals surface area contributed by atoms with Crippen LogP contribution in [0.2, 0.25) is 0 Å². The van der Waals surface area contributed by atoms with Crippen molar-refractivity contribution in [3.8, 4) is 23.0 Å². The molecule has 0 amide bonds. The first-order valence-corrected chi connectivity index (χ1v) is 6.07. The minimum atomic E-state index is -1.19. The zero-order chi connectivity index (χ0) is 16.0. The molecule has 112 valence electrons. The van der Waals surface area contributed by atoms with E-state index in [1.165, 1.54) is 0 Å². The van der Waals surface area contributed by atoms with E-state index in [-0.39, 0.29) is 17.7 Å². The number of hydrogen-bond donors (Lipinski definition) is 2. The molecule has 0 bridgehead atoms. The molecule has 3 rings (SSSR count). The Kier molecular flexibility index (Phi) is 2.84. The molecule has 1 aliphatic heterocycles. The van der Waals surface area contributed by atoms with Gasteiger partial charge >= 0.3 is 11.4 Å². The first-order valence-electron chi connectivity index (χ1n) is 6.07. The molecule has 9 heteroatoms. The molecule has 0 saturated heterocycles. The highest BCUT2D eigenvalue weighted by molar-refractivity contribution is 5.78. The van der Waals surface area contributed by atoms with Crippen LogP contribution in [-0.2, 0) is 6.42 Å². The number of aromatic hydroxyl groups is 2. The van der Waals surface area contributed by atoms with Crippen molar-refractivity contribution in [2.24, 2.45) is 0 Å². The number of nitro groups is 2. The van der Waals surface area contributed by atoms with Crippen molar-refractivity contribution >= 4 is 11.4 Å². The van der Waals surface area contributed by atoms with Crippen LogP contribution in [0.4, 0.5) is 11.4 Å². The maximum Gasteiger partial charge on any atom is 0.391 e. The summed E-state index contributed by atoms with van der Waals surface area (Å²) >= 11 is 0. The zero-order valence-corrected chi connectivity index (χ0v) is 10.8. The minimum Gasteiger partial charge on any atom is -0.501 e. The van der Waals surface area contributed by atoms with Gasteiger partial charge in [-0.2, -0.15) is 0 Å². The van der Waals surface area contributed by atoms with Gasteiger partial charge in [-0.3, -0.25) is 20.2 Å². The summed E-state index contributed by atoms with van der Waals surface area (Å²) < 4.78 is 5.38. The minimum absolute atomic E-state index is 0.0313. The van der Waals surface area contributed by atoms with E-state index in [0.29, 0.717) is 11.3 Å². The van der Waals surface area contributed by atoms with Crippen LogP contribution in [0.3, 0.4) is 0 Å². The van der Waals surface area contributed by atoms with Crippen LogP contribution in [0.25, 0.3) is 0 Å². The molecule has 0 atom stereocenters. The Morgan fingerprint density at radius 2 is 1.64 bits per heavy atom. The molecule has 9 nitrogen and oxygen atoms in total. The van der Waals surface area contributed by atoms with Crippen molar-refractivity contribution in [3.63, 3.8) is 0 Å². The fourth-order valence-corrected chi connectivity index (χ4v) is 2.42. The quantitative estimate of drug-likeness (QED) is 0.421. The molecule has 2 aromatic rings. The largest absolute Gasteiger partial charge is 0.501 e. The summed E-state index contributed by atoms with van der Waals surface area (Å²) in [5, 5.41) is 41.9. The Balaban J connectivity index is 2.35. The number of para-hydroxylation sites is 1. The third-order valence-corrected chi connectivity index (χ3v) is 3.36. The molecule has 0 fully saturated rings. The highest BCUT2D eigenvalue weighted by Crippen LogP contribution is 2.55. The van der Waals surface area contributed by atoms with Gasteiger partial charge in [-0.05, 0) is 11.6 Å². The lowest BCUT2D eigenvalue weighted by Gasteiger charge is -2.21. The monoisotopic (exact) mass is 304 g/mol. The van der Waals surface area contributed by atoms with Crippen molar-refractivity contribution < 1.29 is 24.8 Å². The van der Waals surface area contributed by atoms with E-state index < -0.39 is 32.7 Å². The smallest absolute Gasteiger partial charge is 0.391 e. The number of rotatable bonds is 2. The van der Waals surface area contributed by atoms with Gasteiger partial charge in [0.25, 0.3) is 0 Å². The van der Waals surface area contributed by atoms with Gasteiger partial charge in [0.2, 0.25) is 11.5 Å². The molecule has 0 radical (unpaired) electrons. The van der Waals surface area contributed by atoms with Gasteiger partial charge in [0.1, 0.15) is 5.75 Å². The van der Waals surface area contributed by atoms with E-state index in [2.05, 4.69) is 0 Å². The van der Waals surface area contributed by atoms with E-state index in [4.69, 9.17) is 4.74 Å². The normalized spacial score (nSPS) is 12.0. The lowest BCUT2D eigenvalue weighted by Crippen LogP contribution is -2.09. The number of hydrogen-bond acceptors (Lipinski definition) is 7. The molecular formula is C13H8N2O7. The second-order valence-electron chi connectivity index (χ2n) is 4.60. The highest BCUT2D eigenvalue weighted by Gasteiger charge is 2.41. The molecule has 0 aromatic heterocycles. The van der Waals surface area contributed by atoms with Gasteiger partial charge in [-0.1, -0.05) is 18.2 Å². The predicted molar refractivity (Wildman–Crippen MR) is 72.4 cm³/mol. The standard InChI is InChI=1S/C13H8N2O7/c16-11-10(15(20)21)9(14(18)19)7-5-6-3-1-2-4-8(6)22-13(7)12(11)17/h1-4,16-17H,5H2. The van der Waals surface area contributed by atoms with E-state index in [1.807, 2.05) is 0 Å². The summed E-state index contributed by atoms with van der Waals surface area (Å²) in [6.07, 6.45) is -0.0313. The van der Waals surface area contributed by atoms with Crippen molar-refractivity contribution in [2.45, 2.75) is 6.42 Å². The fourth-order valence-electron chi connectivity index (χ4n) is 2.42. The Labute approximate surface area is 122 Å². The summed E-state index contributed by atoms with van der Waals surface area (Å²) in [7, 11) is 0. The van der Waals surface area contributed by atoms with E-state index in [9.17, 15) is 30.4 Å². The van der Waals surface area contributed by atoms with Crippen LogP contribution in [0.1, 0.15) is 11.1 Å². The zero-order valence-electron chi connectivity index (χ0n) is 10.8. The molecule has 0 spiro atoms. The average Bonchev–Trinajstić information content (AvgIpc) is 2.48. The van der Waals surface area contributed by atoms with Crippen molar-refractivity contribution in [1.82, 2.24) is 0 Å². The van der Waals surface area contributed by atoms with Crippen LogP contribution in [0, 0.1) is 20.2 Å². The number of phenolic OH excluding ortho intramolecular Hbond substituents is 2. The van der Waals surface area contributed by atoms with Crippen LogP contribution in [0.15, 0.2) is 24.3 Å². The summed E-state index contributed by atoms with van der Waals surface area (Å²) in [6, 6.07) is 6.59. The lowest BCUT2D eigenvalue weighted by atomic mass is 9.97. The molecule has 1 heterocycles. The van der Waals surface area contributed by atoms with Crippen LogP contribution in [-0.4, -0.2) is 20.1 Å². The third-order valence-electron chi connectivity index (χ3n) is 3.36. The van der Waals surface area contributed by atoms with E-state index in [0.717, 1.165) is 0 Å². The van der Waals surface area contributed by atoms with Crippen molar-refractivity contribution in [2.75, 3.05) is 0 Å². The van der Waals surface area contributed by atoms with Gasteiger partial charge in [-0.25, -0.2) is 0 Å². The fraction of sp³-hybridized carbons (Fsp3) is 0.0769. The molecule has 1 aliphatic rings. The number of ether oxygens (including phenoxy) is 1. The molecule has 0 aliphatic carbocycles. The van der Waals surface area contributed by atoms with Gasteiger partial charge in [-0.15, -0.1) is 0 Å². The van der Waals surface area contributed by atoms with Crippen molar-refractivity contribution in [3.05, 3.63) is 55.6 Å². The summed E-state index contributed by atoms with van der Waals surface area (Å²) in [5.74, 6) is -2.06. The van der Waals surface area contributed by atoms with Crippen LogP contribution >= 0.6 is 0 Å². The van der Waals surface area contributed by atoms with Gasteiger partial charge < -0.3 is 14.9 Å². The Hall–Kier alpha value is -3.36. The Morgan fingerprint density at radius 3 is 2.27 bits per heavy atom. The Bertz CT molecular complexity index is 832. The SMILES string of the molecule is O=[N+]([O-])c1c(O)c(O)c2c(c1[N+](=O)[O-])Cc1ccccc1O2. The third kappa shape index (κ3) is 1.79. The first kappa shape index (κ1) is 13.6. The molecule has 22 heavy (non-hydrogen) atoms. The summed E-state index contributed by atoms with van der Waals surface area (Å²) in [5.41, 5.74) is -1.60. The van der Waals surface area contributed by atoms with Crippen molar-refractivity contribution in [1.29, 1.82) is 0 Å². The maximum absolute atomic E-state index is 11.2. The van der Waals surface area contributed by atoms with Gasteiger partial charge in [0.05, 0.1) is 15.4 Å². The van der Waals surface area contributed by atoms with Crippen LogP contribution < -0.4 is 4.74 Å². The Morgan fingerprint density at radius 1 is 1.00 bits per heavy atom. The summed E-state index contributed by atoms with van der Waals surface area (Å²) in [6.45, 7) is 0. The molecule has 0 saturated carbocycles. The number of nitrogens with zero attached hydrogens (tertiary/aromatic N) is 2. The lowest BCUT2D eigenvalue weighted by molar-refractivity contribution is -0.423. The topological polar surface area (TPSA) is 136 Å². The molecular weight excluding hydrogens is 296 g/mol. The van der Waals surface area contributed by atoms with E-state index in [1.54, 1.807) is 24.3 Å². The van der Waals surface area contributed by atoms with Crippen LogP contribution in [0.5, 0.6) is 23.0 Å². The predicted octanol–water partition coefficient (Wildman–Crippen LogP) is 2.61. The molecule has 0 unspecified atom stereocenters. The first-order chi connectivity index (χ1) is 10.4. The molecule has 2 N–H and O–H groups in total. The second kappa shape index (κ2) is 4.58. The second-order valence-corrected chi connectivity index (χ2v) is 4.60. The maximum atomic E-state index is 11.2. The average molecular weight is 304 g/mol. The highest BCUT2D eigenvalue weighted by atomic mass is 16.6.